The van der Waals surface area contributed by atoms with Crippen LogP contribution >= 0.6 is 19.4 Å². The zero-order valence-electron chi connectivity index (χ0n) is 13.7. The minimum absolute atomic E-state index is 0.142. The minimum atomic E-state index is -2.01. The van der Waals surface area contributed by atoms with E-state index in [0.717, 1.165) is 11.3 Å². The molecular weight excluding hydrogens is 426 g/mol. The molecule has 1 aromatic rings. The number of amides is 1. The van der Waals surface area contributed by atoms with Crippen molar-refractivity contribution in [3.05, 3.63) is 30.9 Å². The van der Waals surface area contributed by atoms with Gasteiger partial charge in [0.25, 0.3) is 0 Å². The molecule has 4 nitrogen and oxygen atoms in total. The number of carbonyl (C=O) groups excluding carboxylic acids is 1. The standard InChI is InChI=1S/C16H23NO3.2ClH.Ru/c1-11(2)10-19-16(18)17-14-7-8-15(13(5)9-14)20(6)12(3)4;;;/h5,7-9,11-12H,6,10H2,1-4H3,(H,17,18);2*1H;/q;;;+2/p-2. The molecule has 0 radical (unpaired) electrons. The van der Waals surface area contributed by atoms with Crippen LogP contribution in [0.15, 0.2) is 18.2 Å². The molecule has 0 fully saturated rings. The number of hydrogen-bond acceptors (Lipinski definition) is 2. The first-order chi connectivity index (χ1) is 10.7. The molecule has 0 heterocycles. The van der Waals surface area contributed by atoms with Crippen LogP contribution in [0.1, 0.15) is 33.3 Å². The molecule has 0 bridgehead atoms. The monoisotopic (exact) mass is 449 g/mol. The van der Waals surface area contributed by atoms with Gasteiger partial charge in [0, 0.05) is 0 Å². The second kappa shape index (κ2) is 9.61. The van der Waals surface area contributed by atoms with Crippen LogP contribution in [0.2, 0.25) is 0 Å². The first-order valence-electron chi connectivity index (χ1n) is 7.14. The number of rotatable bonds is 6. The van der Waals surface area contributed by atoms with Crippen molar-refractivity contribution in [1.82, 2.24) is 0 Å². The fraction of sp³-hybridized carbons (Fsp3) is 0.438. The van der Waals surface area contributed by atoms with Crippen molar-refractivity contribution in [3.63, 3.8) is 0 Å². The third-order valence-corrected chi connectivity index (χ3v) is 4.68. The van der Waals surface area contributed by atoms with Crippen molar-refractivity contribution < 1.29 is 27.4 Å². The van der Waals surface area contributed by atoms with Gasteiger partial charge < -0.3 is 0 Å². The summed E-state index contributed by atoms with van der Waals surface area (Å²) in [5.41, 5.74) is 1.44. The van der Waals surface area contributed by atoms with Crippen LogP contribution in [0, 0.1) is 13.0 Å². The first kappa shape index (κ1) is 20.4. The summed E-state index contributed by atoms with van der Waals surface area (Å²) in [5.74, 6) is 1.12. The maximum absolute atomic E-state index is 11.8. The Morgan fingerprint density at radius 3 is 2.57 bits per heavy atom. The predicted octanol–water partition coefficient (Wildman–Crippen LogP) is 5.43. The van der Waals surface area contributed by atoms with Gasteiger partial charge in [-0.3, -0.25) is 0 Å². The van der Waals surface area contributed by atoms with Crippen molar-refractivity contribution in [2.24, 2.45) is 5.92 Å². The van der Waals surface area contributed by atoms with Crippen LogP contribution in [-0.2, 0) is 22.6 Å². The van der Waals surface area contributed by atoms with E-state index < -0.39 is 19.6 Å². The molecule has 0 aliphatic rings. The Labute approximate surface area is 151 Å². The summed E-state index contributed by atoms with van der Waals surface area (Å²) < 4.78 is 9.70. The summed E-state index contributed by atoms with van der Waals surface area (Å²) in [6.45, 7) is 8.35. The van der Waals surface area contributed by atoms with E-state index in [0.29, 0.717) is 12.3 Å². The zero-order valence-corrected chi connectivity index (χ0v) is 17.0. The quantitative estimate of drug-likeness (QED) is 0.357. The molecule has 132 valence electrons. The Bertz CT molecular complexity index is 572. The maximum atomic E-state index is 11.8. The van der Waals surface area contributed by atoms with Crippen LogP contribution in [0.5, 0.6) is 5.75 Å². The van der Waals surface area contributed by atoms with Gasteiger partial charge in [-0.05, 0) is 0 Å². The molecule has 0 aliphatic carbocycles. The number of benzene rings is 1. The number of nitrogens with one attached hydrogen (secondary N) is 1. The third kappa shape index (κ3) is 7.20. The Morgan fingerprint density at radius 2 is 2.04 bits per heavy atom. The van der Waals surface area contributed by atoms with Gasteiger partial charge in [0.1, 0.15) is 0 Å². The van der Waals surface area contributed by atoms with E-state index in [1.54, 1.807) is 6.07 Å². The van der Waals surface area contributed by atoms with Gasteiger partial charge in [-0.1, -0.05) is 0 Å². The molecule has 0 atom stereocenters. The fourth-order valence-electron chi connectivity index (χ4n) is 1.68. The predicted molar refractivity (Wildman–Crippen MR) is 94.1 cm³/mol. The van der Waals surface area contributed by atoms with Crippen molar-refractivity contribution >= 4 is 35.8 Å². The number of ether oxygens (including phenoxy) is 1. The Hall–Kier alpha value is -0.637. The number of anilines is 1. The SMILES string of the molecule is [CH2-][O+](c1ccc(NC(=O)OCC(C)C)cc1[CH]=[Ru]([Cl])[Cl])C(C)C. The van der Waals surface area contributed by atoms with Crippen LogP contribution in [-0.4, -0.2) is 23.4 Å². The van der Waals surface area contributed by atoms with Gasteiger partial charge >= 0.3 is 151 Å². The Morgan fingerprint density at radius 1 is 1.39 bits per heavy atom. The Kier molecular flexibility index (Phi) is 8.53. The second-order valence-corrected chi connectivity index (χ2v) is 11.4. The molecule has 0 aliphatic heterocycles. The number of carbonyl (C=O) groups is 1. The third-order valence-electron chi connectivity index (χ3n) is 2.84. The molecule has 0 unspecified atom stereocenters. The summed E-state index contributed by atoms with van der Waals surface area (Å²) in [7, 11) is 16.0. The van der Waals surface area contributed by atoms with Crippen molar-refractivity contribution in [1.29, 1.82) is 0 Å². The molecule has 23 heavy (non-hydrogen) atoms. The molecular formula is C16H23Cl2NO3Ru. The van der Waals surface area contributed by atoms with E-state index in [2.05, 4.69) is 16.8 Å². The van der Waals surface area contributed by atoms with E-state index in [1.807, 2.05) is 44.4 Å². The topological polar surface area (TPSA) is 41.0 Å². The Balaban J connectivity index is 3.00. The summed E-state index contributed by atoms with van der Waals surface area (Å²) in [6, 6.07) is 5.45. The van der Waals surface area contributed by atoms with Crippen molar-refractivity contribution in [2.75, 3.05) is 11.9 Å². The number of halogens is 2. The normalized spacial score (nSPS) is 11.4. The molecule has 0 spiro atoms. The molecule has 1 aromatic carbocycles. The summed E-state index contributed by atoms with van der Waals surface area (Å²) in [4.78, 5) is 11.8. The van der Waals surface area contributed by atoms with Crippen LogP contribution in [0.4, 0.5) is 10.5 Å². The van der Waals surface area contributed by atoms with Gasteiger partial charge in [0.05, 0.1) is 0 Å². The molecule has 0 saturated carbocycles. The summed E-state index contributed by atoms with van der Waals surface area (Å²) in [6.07, 6.45) is -0.338. The molecule has 7 heteroatoms. The zero-order chi connectivity index (χ0) is 17.6. The van der Waals surface area contributed by atoms with Gasteiger partial charge in [0.15, 0.2) is 0 Å². The average Bonchev–Trinajstić information content (AvgIpc) is 2.44. The number of hydrogen-bond donors (Lipinski definition) is 1. The van der Waals surface area contributed by atoms with E-state index >= 15 is 0 Å². The first-order valence-corrected chi connectivity index (χ1v) is 12.6. The van der Waals surface area contributed by atoms with Gasteiger partial charge in [-0.25, -0.2) is 0 Å². The molecule has 0 saturated heterocycles. The summed E-state index contributed by atoms with van der Waals surface area (Å²) in [5, 5.41) is 2.71. The van der Waals surface area contributed by atoms with Gasteiger partial charge in [-0.15, -0.1) is 0 Å². The van der Waals surface area contributed by atoms with E-state index in [9.17, 15) is 4.79 Å². The van der Waals surface area contributed by atoms with Gasteiger partial charge in [-0.2, -0.15) is 0 Å². The molecule has 1 rings (SSSR count). The second-order valence-electron chi connectivity index (χ2n) is 5.65. The molecule has 1 amide bonds. The van der Waals surface area contributed by atoms with E-state index in [4.69, 9.17) is 24.1 Å². The molecule has 0 aromatic heterocycles. The van der Waals surface area contributed by atoms with Crippen molar-refractivity contribution in [2.45, 2.75) is 33.8 Å². The van der Waals surface area contributed by atoms with Crippen LogP contribution in [0.25, 0.3) is 0 Å². The van der Waals surface area contributed by atoms with Crippen molar-refractivity contribution in [3.8, 4) is 5.75 Å². The van der Waals surface area contributed by atoms with Crippen LogP contribution in [0.3, 0.4) is 0 Å². The average molecular weight is 449 g/mol. The van der Waals surface area contributed by atoms with E-state index in [-0.39, 0.29) is 12.0 Å². The van der Waals surface area contributed by atoms with Crippen LogP contribution < -0.4 is 5.32 Å². The molecule has 1 N–H and O–H groups in total. The fourth-order valence-corrected chi connectivity index (χ4v) is 3.46. The van der Waals surface area contributed by atoms with E-state index in [1.165, 1.54) is 0 Å². The van der Waals surface area contributed by atoms with Gasteiger partial charge in [0.2, 0.25) is 0 Å². The summed E-state index contributed by atoms with van der Waals surface area (Å²) >= 11 is -2.01.